The van der Waals surface area contributed by atoms with Gasteiger partial charge in [0, 0.05) is 16.2 Å². The molecule has 0 unspecified atom stereocenters. The first-order chi connectivity index (χ1) is 13.0. The molecule has 0 aliphatic heterocycles. The number of nitrogens with one attached hydrogen (secondary N) is 2. The van der Waals surface area contributed by atoms with Crippen molar-refractivity contribution in [2.24, 2.45) is 0 Å². The average Bonchev–Trinajstić information content (AvgIpc) is 2.63. The molecule has 2 N–H and O–H groups in total. The first kappa shape index (κ1) is 21.2. The smallest absolute Gasteiger partial charge is 0.261 e. The van der Waals surface area contributed by atoms with Crippen LogP contribution in [0, 0.1) is 0 Å². The Morgan fingerprint density at radius 2 is 1.96 bits per heavy atom. The van der Waals surface area contributed by atoms with Crippen molar-refractivity contribution < 1.29 is 14.3 Å². The van der Waals surface area contributed by atoms with Gasteiger partial charge in [-0.2, -0.15) is 0 Å². The molecule has 0 aliphatic rings. The number of unbranched alkanes of at least 4 members (excludes halogenated alkanes) is 1. The number of thiocarbonyl (C=S) groups is 1. The Hall–Kier alpha value is -2.12. The minimum absolute atomic E-state index is 0.202. The van der Waals surface area contributed by atoms with E-state index < -0.39 is 0 Å². The molecule has 0 atom stereocenters. The van der Waals surface area contributed by atoms with Crippen LogP contribution in [-0.4, -0.2) is 24.2 Å². The molecule has 2 aromatic carbocycles. The fraction of sp³-hybridized carbons (Fsp3) is 0.300. The number of amides is 1. The van der Waals surface area contributed by atoms with Crippen molar-refractivity contribution in [3.8, 4) is 11.5 Å². The Bertz CT molecular complexity index is 799. The van der Waals surface area contributed by atoms with Crippen LogP contribution in [0.25, 0.3) is 0 Å². The maximum absolute atomic E-state index is 12.7. The van der Waals surface area contributed by atoms with Gasteiger partial charge in [0.2, 0.25) is 0 Å². The number of ether oxygens (including phenoxy) is 2. The largest absolute Gasteiger partial charge is 0.494 e. The Balaban J connectivity index is 2.04. The average molecular weight is 451 g/mol. The fourth-order valence-electron chi connectivity index (χ4n) is 2.30. The summed E-state index contributed by atoms with van der Waals surface area (Å²) in [7, 11) is 0. The van der Waals surface area contributed by atoms with Gasteiger partial charge >= 0.3 is 0 Å². The second-order valence-corrected chi connectivity index (χ2v) is 7.04. The second kappa shape index (κ2) is 10.9. The number of hydrogen-bond acceptors (Lipinski definition) is 4. The highest BCUT2D eigenvalue weighted by Crippen LogP contribution is 2.24. The van der Waals surface area contributed by atoms with E-state index in [-0.39, 0.29) is 11.0 Å². The molecule has 0 aromatic heterocycles. The third-order valence-corrected chi connectivity index (χ3v) is 4.27. The lowest BCUT2D eigenvalue weighted by molar-refractivity contribution is 0.0973. The summed E-state index contributed by atoms with van der Waals surface area (Å²) >= 11 is 8.66. The van der Waals surface area contributed by atoms with Gasteiger partial charge in [-0.25, -0.2) is 0 Å². The van der Waals surface area contributed by atoms with Crippen LogP contribution in [0.2, 0.25) is 0 Å². The summed E-state index contributed by atoms with van der Waals surface area (Å²) in [4.78, 5) is 12.7. The minimum Gasteiger partial charge on any atom is -0.494 e. The molecular weight excluding hydrogens is 428 g/mol. The van der Waals surface area contributed by atoms with E-state index in [1.807, 2.05) is 37.3 Å². The van der Waals surface area contributed by atoms with Crippen LogP contribution in [-0.2, 0) is 0 Å². The molecule has 7 heteroatoms. The summed E-state index contributed by atoms with van der Waals surface area (Å²) in [6.45, 7) is 5.14. The SMILES string of the molecule is CCCCOc1ccc(Br)cc1C(=O)NC(=S)Nc1cccc(OCC)c1. The highest BCUT2D eigenvalue weighted by molar-refractivity contribution is 9.10. The zero-order valence-corrected chi connectivity index (χ0v) is 17.8. The normalized spacial score (nSPS) is 10.2. The molecule has 1 amide bonds. The summed E-state index contributed by atoms with van der Waals surface area (Å²) in [5.74, 6) is 0.932. The number of halogens is 1. The lowest BCUT2D eigenvalue weighted by atomic mass is 10.2. The number of anilines is 1. The predicted octanol–water partition coefficient (Wildman–Crippen LogP) is 5.15. The van der Waals surface area contributed by atoms with Crippen molar-refractivity contribution in [2.75, 3.05) is 18.5 Å². The minimum atomic E-state index is -0.332. The molecule has 2 rings (SSSR count). The molecule has 0 saturated heterocycles. The summed E-state index contributed by atoms with van der Waals surface area (Å²) in [6.07, 6.45) is 1.94. The first-order valence-electron chi connectivity index (χ1n) is 8.81. The van der Waals surface area contributed by atoms with Crippen LogP contribution in [0.1, 0.15) is 37.0 Å². The molecule has 0 saturated carbocycles. The van der Waals surface area contributed by atoms with Gasteiger partial charge in [0.25, 0.3) is 5.91 Å². The van der Waals surface area contributed by atoms with Crippen molar-refractivity contribution >= 4 is 44.9 Å². The predicted molar refractivity (Wildman–Crippen MR) is 116 cm³/mol. The Morgan fingerprint density at radius 3 is 2.70 bits per heavy atom. The molecule has 5 nitrogen and oxygen atoms in total. The third-order valence-electron chi connectivity index (χ3n) is 3.57. The number of rotatable bonds is 8. The molecule has 2 aromatic rings. The molecule has 0 fully saturated rings. The van der Waals surface area contributed by atoms with E-state index in [0.29, 0.717) is 24.5 Å². The maximum Gasteiger partial charge on any atom is 0.261 e. The maximum atomic E-state index is 12.7. The number of carbonyl (C=O) groups excluding carboxylic acids is 1. The highest BCUT2D eigenvalue weighted by Gasteiger charge is 2.15. The van der Waals surface area contributed by atoms with E-state index in [2.05, 4.69) is 33.5 Å². The molecule has 0 radical (unpaired) electrons. The van der Waals surface area contributed by atoms with Gasteiger partial charge in [-0.15, -0.1) is 0 Å². The van der Waals surface area contributed by atoms with E-state index in [4.69, 9.17) is 21.7 Å². The van der Waals surface area contributed by atoms with Gasteiger partial charge in [-0.1, -0.05) is 35.3 Å². The van der Waals surface area contributed by atoms with E-state index in [9.17, 15) is 4.79 Å². The molecular formula is C20H23BrN2O3S. The van der Waals surface area contributed by atoms with Crippen molar-refractivity contribution in [1.29, 1.82) is 0 Å². The van der Waals surface area contributed by atoms with Crippen LogP contribution >= 0.6 is 28.1 Å². The number of carbonyl (C=O) groups is 1. The van der Waals surface area contributed by atoms with E-state index in [0.717, 1.165) is 28.8 Å². The lowest BCUT2D eigenvalue weighted by Crippen LogP contribution is -2.34. The molecule has 27 heavy (non-hydrogen) atoms. The lowest BCUT2D eigenvalue weighted by Gasteiger charge is -2.14. The monoisotopic (exact) mass is 450 g/mol. The third kappa shape index (κ3) is 6.84. The zero-order chi connectivity index (χ0) is 19.6. The van der Waals surface area contributed by atoms with Crippen LogP contribution in [0.5, 0.6) is 11.5 Å². The van der Waals surface area contributed by atoms with Crippen LogP contribution in [0.15, 0.2) is 46.9 Å². The summed E-state index contributed by atoms with van der Waals surface area (Å²) in [5, 5.41) is 5.89. The van der Waals surface area contributed by atoms with Gasteiger partial charge in [0.1, 0.15) is 11.5 Å². The quantitative estimate of drug-likeness (QED) is 0.429. The van der Waals surface area contributed by atoms with Crippen molar-refractivity contribution in [3.05, 3.63) is 52.5 Å². The van der Waals surface area contributed by atoms with Gasteiger partial charge in [-0.3, -0.25) is 10.1 Å². The van der Waals surface area contributed by atoms with E-state index in [1.165, 1.54) is 0 Å². The molecule has 0 bridgehead atoms. The summed E-state index contributed by atoms with van der Waals surface area (Å²) in [5.41, 5.74) is 1.16. The van der Waals surface area contributed by atoms with E-state index >= 15 is 0 Å². The van der Waals surface area contributed by atoms with Gasteiger partial charge in [0.05, 0.1) is 18.8 Å². The molecule has 0 spiro atoms. The first-order valence-corrected chi connectivity index (χ1v) is 10.0. The van der Waals surface area contributed by atoms with Crippen molar-refractivity contribution in [1.82, 2.24) is 5.32 Å². The van der Waals surface area contributed by atoms with Gasteiger partial charge in [0.15, 0.2) is 5.11 Å². The Kier molecular flexibility index (Phi) is 8.54. The van der Waals surface area contributed by atoms with Gasteiger partial charge < -0.3 is 14.8 Å². The van der Waals surface area contributed by atoms with Gasteiger partial charge in [-0.05, 0) is 55.9 Å². The molecule has 144 valence electrons. The van der Waals surface area contributed by atoms with E-state index in [1.54, 1.807) is 12.1 Å². The Labute approximate surface area is 173 Å². The van der Waals surface area contributed by atoms with Crippen LogP contribution in [0.3, 0.4) is 0 Å². The van der Waals surface area contributed by atoms with Crippen LogP contribution in [0.4, 0.5) is 5.69 Å². The molecule has 0 aliphatic carbocycles. The Morgan fingerprint density at radius 1 is 1.15 bits per heavy atom. The summed E-state index contributed by atoms with van der Waals surface area (Å²) < 4.78 is 12.0. The van der Waals surface area contributed by atoms with Crippen molar-refractivity contribution in [2.45, 2.75) is 26.7 Å². The number of hydrogen-bond donors (Lipinski definition) is 2. The fourth-order valence-corrected chi connectivity index (χ4v) is 2.87. The number of benzene rings is 2. The second-order valence-electron chi connectivity index (χ2n) is 5.71. The van der Waals surface area contributed by atoms with Crippen LogP contribution < -0.4 is 20.1 Å². The highest BCUT2D eigenvalue weighted by atomic mass is 79.9. The zero-order valence-electron chi connectivity index (χ0n) is 15.4. The standard InChI is InChI=1S/C20H23BrN2O3S/c1-3-5-11-26-18-10-9-14(21)12-17(18)19(24)23-20(27)22-15-7-6-8-16(13-15)25-4-2/h6-10,12-13H,3-5,11H2,1-2H3,(H2,22,23,24,27). The summed E-state index contributed by atoms with van der Waals surface area (Å²) in [6, 6.07) is 12.7. The topological polar surface area (TPSA) is 59.6 Å². The van der Waals surface area contributed by atoms with Crippen molar-refractivity contribution in [3.63, 3.8) is 0 Å². The molecule has 0 heterocycles.